The van der Waals surface area contributed by atoms with Crippen LogP contribution in [0.15, 0.2) is 60.2 Å². The number of Topliss-reactive ketones (excluding diaryl/α,β-unsaturated/α-hetero) is 1. The van der Waals surface area contributed by atoms with E-state index in [9.17, 15) is 19.6 Å². The van der Waals surface area contributed by atoms with Crippen LogP contribution in [0.1, 0.15) is 38.3 Å². The number of nitrogens with zero attached hydrogens (tertiary/aromatic N) is 1. The molecule has 2 aromatic carbocycles. The predicted molar refractivity (Wildman–Crippen MR) is 131 cm³/mol. The lowest BCUT2D eigenvalue weighted by molar-refractivity contribution is -0.130. The number of ether oxygens (including phenoxy) is 1. The van der Waals surface area contributed by atoms with Crippen LogP contribution in [0.5, 0.6) is 5.75 Å². The van der Waals surface area contributed by atoms with E-state index in [1.165, 1.54) is 13.0 Å². The molecular weight excluding hydrogens is 430 g/mol. The smallest absolute Gasteiger partial charge is 0.243 e. The molecule has 0 aliphatic rings. The molecule has 0 bridgehead atoms. The molecule has 0 radical (unpaired) electrons. The molecule has 0 aliphatic carbocycles. The molecule has 2 atom stereocenters. The summed E-state index contributed by atoms with van der Waals surface area (Å²) in [5.74, 6) is -0.480. The van der Waals surface area contributed by atoms with Crippen LogP contribution in [0.3, 0.4) is 0 Å². The van der Waals surface area contributed by atoms with Crippen molar-refractivity contribution in [2.24, 2.45) is 5.92 Å². The number of ketones is 1. The first-order valence-corrected chi connectivity index (χ1v) is 11.1. The van der Waals surface area contributed by atoms with Crippen LogP contribution in [0.2, 0.25) is 0 Å². The summed E-state index contributed by atoms with van der Waals surface area (Å²) in [6.07, 6.45) is 2.12. The molecule has 0 saturated carbocycles. The van der Waals surface area contributed by atoms with Crippen LogP contribution in [-0.4, -0.2) is 36.8 Å². The minimum absolute atomic E-state index is 0.0775. The van der Waals surface area contributed by atoms with E-state index >= 15 is 0 Å². The van der Waals surface area contributed by atoms with Crippen molar-refractivity contribution in [1.82, 2.24) is 10.6 Å². The fraction of sp³-hybridized carbons (Fsp3) is 0.333. The molecule has 7 heteroatoms. The fourth-order valence-electron chi connectivity index (χ4n) is 3.49. The Morgan fingerprint density at radius 3 is 2.18 bits per heavy atom. The van der Waals surface area contributed by atoms with Crippen molar-refractivity contribution >= 4 is 23.7 Å². The van der Waals surface area contributed by atoms with Crippen LogP contribution >= 0.6 is 0 Å². The van der Waals surface area contributed by atoms with Crippen molar-refractivity contribution in [3.05, 3.63) is 71.3 Å². The van der Waals surface area contributed by atoms with Crippen molar-refractivity contribution in [3.8, 4) is 11.8 Å². The highest BCUT2D eigenvalue weighted by Crippen LogP contribution is 2.16. The summed E-state index contributed by atoms with van der Waals surface area (Å²) >= 11 is 0. The normalized spacial score (nSPS) is 12.9. The van der Waals surface area contributed by atoms with Crippen molar-refractivity contribution in [1.29, 1.82) is 5.26 Å². The van der Waals surface area contributed by atoms with Gasteiger partial charge in [-0.15, -0.1) is 0 Å². The maximum atomic E-state index is 13.4. The number of rotatable bonds is 11. The van der Waals surface area contributed by atoms with Gasteiger partial charge in [-0.3, -0.25) is 14.4 Å². The van der Waals surface area contributed by atoms with E-state index in [1.54, 1.807) is 31.4 Å². The number of nitrogens with one attached hydrogen (secondary N) is 2. The Morgan fingerprint density at radius 2 is 1.65 bits per heavy atom. The highest BCUT2D eigenvalue weighted by Gasteiger charge is 2.28. The first-order chi connectivity index (χ1) is 16.2. The number of benzene rings is 2. The summed E-state index contributed by atoms with van der Waals surface area (Å²) in [7, 11) is 1.56. The Hall–Kier alpha value is -3.92. The van der Waals surface area contributed by atoms with Crippen LogP contribution in [-0.2, 0) is 20.8 Å². The molecule has 0 spiro atoms. The maximum Gasteiger partial charge on any atom is 0.243 e. The molecule has 2 amide bonds. The monoisotopic (exact) mass is 461 g/mol. The average molecular weight is 462 g/mol. The maximum absolute atomic E-state index is 13.4. The molecule has 2 rings (SSSR count). The lowest BCUT2D eigenvalue weighted by atomic mass is 9.95. The van der Waals surface area contributed by atoms with E-state index in [-0.39, 0.29) is 23.8 Å². The SMILES string of the molecule is COc1ccc(/C=C(\C#N)C(=O)[C@@H](Cc2ccccc2)NC(=O)[C@H](CC(C)C)NC(C)=O)cc1. The van der Waals surface area contributed by atoms with Gasteiger partial charge in [0, 0.05) is 13.3 Å². The molecule has 0 heterocycles. The first kappa shape index (κ1) is 26.3. The Bertz CT molecular complexity index is 1050. The van der Waals surface area contributed by atoms with Crippen LogP contribution < -0.4 is 15.4 Å². The molecule has 7 nitrogen and oxygen atoms in total. The first-order valence-electron chi connectivity index (χ1n) is 11.1. The molecule has 0 fully saturated rings. The predicted octanol–water partition coefficient (Wildman–Crippen LogP) is 3.45. The van der Waals surface area contributed by atoms with Crippen LogP contribution in [0.4, 0.5) is 0 Å². The minimum atomic E-state index is -0.970. The van der Waals surface area contributed by atoms with Crippen molar-refractivity contribution < 1.29 is 19.1 Å². The molecule has 0 saturated heterocycles. The fourth-order valence-corrected chi connectivity index (χ4v) is 3.49. The highest BCUT2D eigenvalue weighted by atomic mass is 16.5. The number of hydrogen-bond acceptors (Lipinski definition) is 5. The van der Waals surface area contributed by atoms with Crippen molar-refractivity contribution in [3.63, 3.8) is 0 Å². The lowest BCUT2D eigenvalue weighted by Gasteiger charge is -2.23. The number of hydrogen-bond donors (Lipinski definition) is 2. The standard InChI is InChI=1S/C27H31N3O4/c1-18(2)14-25(29-19(3)31)27(33)30-24(16-20-8-6-5-7-9-20)26(32)22(17-28)15-21-10-12-23(34-4)13-11-21/h5-13,15,18,24-25H,14,16H2,1-4H3,(H,29,31)(H,30,33)/b22-15+/t24-,25+/m1/s1. The highest BCUT2D eigenvalue weighted by molar-refractivity contribution is 6.08. The van der Waals surface area contributed by atoms with E-state index in [0.717, 1.165) is 5.56 Å². The van der Waals surface area contributed by atoms with Gasteiger partial charge in [-0.05, 0) is 41.7 Å². The number of methoxy groups -OCH3 is 1. The number of carbonyl (C=O) groups is 3. The second-order valence-corrected chi connectivity index (χ2v) is 8.44. The number of carbonyl (C=O) groups excluding carboxylic acids is 3. The third-order valence-electron chi connectivity index (χ3n) is 5.13. The van der Waals surface area contributed by atoms with E-state index in [0.29, 0.717) is 17.7 Å². The third-order valence-corrected chi connectivity index (χ3v) is 5.13. The summed E-state index contributed by atoms with van der Waals surface area (Å²) in [6.45, 7) is 5.23. The molecule has 0 aromatic heterocycles. The zero-order valence-electron chi connectivity index (χ0n) is 20.0. The third kappa shape index (κ3) is 8.21. The summed E-state index contributed by atoms with van der Waals surface area (Å²) in [5, 5.41) is 15.2. The quantitative estimate of drug-likeness (QED) is 0.394. The van der Waals surface area contributed by atoms with Gasteiger partial charge in [0.15, 0.2) is 5.78 Å². The molecule has 2 aromatic rings. The van der Waals surface area contributed by atoms with Gasteiger partial charge in [-0.25, -0.2) is 0 Å². The molecule has 178 valence electrons. The Kier molecular flexibility index (Phi) is 10.0. The van der Waals surface area contributed by atoms with Gasteiger partial charge >= 0.3 is 0 Å². The minimum Gasteiger partial charge on any atom is -0.497 e. The molecular formula is C27H31N3O4. The number of nitriles is 1. The second kappa shape index (κ2) is 12.9. The topological polar surface area (TPSA) is 108 Å². The van der Waals surface area contributed by atoms with Crippen molar-refractivity contribution in [2.75, 3.05) is 7.11 Å². The Morgan fingerprint density at radius 1 is 1.00 bits per heavy atom. The molecule has 0 unspecified atom stereocenters. The van der Waals surface area contributed by atoms with Gasteiger partial charge < -0.3 is 15.4 Å². The van der Waals surface area contributed by atoms with Gasteiger partial charge in [0.1, 0.15) is 17.9 Å². The Labute approximate surface area is 200 Å². The van der Waals surface area contributed by atoms with E-state index in [1.807, 2.05) is 50.2 Å². The van der Waals surface area contributed by atoms with E-state index in [2.05, 4.69) is 10.6 Å². The largest absolute Gasteiger partial charge is 0.497 e. The van der Waals surface area contributed by atoms with Crippen molar-refractivity contribution in [2.45, 2.75) is 45.7 Å². The average Bonchev–Trinajstić information content (AvgIpc) is 2.81. The van der Waals surface area contributed by atoms with Crippen LogP contribution in [0, 0.1) is 17.2 Å². The second-order valence-electron chi connectivity index (χ2n) is 8.44. The number of amides is 2. The molecule has 34 heavy (non-hydrogen) atoms. The zero-order chi connectivity index (χ0) is 25.1. The Balaban J connectivity index is 2.34. The summed E-state index contributed by atoms with van der Waals surface area (Å²) in [4.78, 5) is 38.1. The van der Waals surface area contributed by atoms with E-state index in [4.69, 9.17) is 4.74 Å². The van der Waals surface area contributed by atoms with Gasteiger partial charge in [0.25, 0.3) is 0 Å². The zero-order valence-corrected chi connectivity index (χ0v) is 20.0. The van der Waals surface area contributed by atoms with Gasteiger partial charge in [0.05, 0.1) is 18.7 Å². The van der Waals surface area contributed by atoms with E-state index < -0.39 is 23.8 Å². The van der Waals surface area contributed by atoms with Gasteiger partial charge in [-0.1, -0.05) is 56.3 Å². The summed E-state index contributed by atoms with van der Waals surface area (Å²) in [5.41, 5.74) is 1.42. The van der Waals surface area contributed by atoms with Gasteiger partial charge in [0.2, 0.25) is 11.8 Å². The summed E-state index contributed by atoms with van der Waals surface area (Å²) in [6, 6.07) is 16.4. The lowest BCUT2D eigenvalue weighted by Crippen LogP contribution is -2.52. The van der Waals surface area contributed by atoms with Gasteiger partial charge in [-0.2, -0.15) is 5.26 Å². The van der Waals surface area contributed by atoms with Crippen LogP contribution in [0.25, 0.3) is 6.08 Å². The molecule has 0 aliphatic heterocycles. The summed E-state index contributed by atoms with van der Waals surface area (Å²) < 4.78 is 5.14. The molecule has 2 N–H and O–H groups in total.